The Labute approximate surface area is 96.8 Å². The Bertz CT molecular complexity index is 314. The summed E-state index contributed by atoms with van der Waals surface area (Å²) in [4.78, 5) is 14.9. The topological polar surface area (TPSA) is 66.1 Å². The van der Waals surface area contributed by atoms with Gasteiger partial charge in [0.2, 0.25) is 0 Å². The molecule has 0 aliphatic carbocycles. The molecule has 5 nitrogen and oxygen atoms in total. The molecule has 6 heteroatoms. The molecular formula is C9H13BrN4O. The minimum Gasteiger partial charge on any atom is -0.368 e. The van der Waals surface area contributed by atoms with Crippen LogP contribution in [0.5, 0.6) is 0 Å². The second kappa shape index (κ2) is 6.23. The maximum absolute atomic E-state index is 10.8. The molecule has 1 heterocycles. The van der Waals surface area contributed by atoms with Gasteiger partial charge in [-0.05, 0) is 28.1 Å². The molecule has 1 aromatic heterocycles. The monoisotopic (exact) mass is 272 g/mol. The Balaban J connectivity index is 2.20. The van der Waals surface area contributed by atoms with Gasteiger partial charge in [-0.3, -0.25) is 0 Å². The van der Waals surface area contributed by atoms with Gasteiger partial charge in [0.05, 0.1) is 0 Å². The third-order valence-electron chi connectivity index (χ3n) is 1.67. The normalized spacial score (nSPS) is 9.47. The van der Waals surface area contributed by atoms with Crippen LogP contribution < -0.4 is 16.0 Å². The highest BCUT2D eigenvalue weighted by Crippen LogP contribution is 2.09. The number of hydrogen-bond acceptors (Lipinski definition) is 3. The number of nitrogens with zero attached hydrogens (tertiary/aromatic N) is 1. The predicted octanol–water partition coefficient (Wildman–Crippen LogP) is 1.18. The molecule has 0 saturated heterocycles. The minimum absolute atomic E-state index is 0.180. The molecule has 3 N–H and O–H groups in total. The second-order valence-electron chi connectivity index (χ2n) is 2.79. The molecule has 1 aromatic rings. The highest BCUT2D eigenvalue weighted by Gasteiger charge is 1.95. The van der Waals surface area contributed by atoms with Gasteiger partial charge in [-0.1, -0.05) is 0 Å². The van der Waals surface area contributed by atoms with E-state index < -0.39 is 0 Å². The smallest absolute Gasteiger partial charge is 0.314 e. The van der Waals surface area contributed by atoms with Crippen LogP contribution >= 0.6 is 15.9 Å². The molecule has 0 unspecified atom stereocenters. The summed E-state index contributed by atoms with van der Waals surface area (Å²) in [6, 6.07) is 3.59. The lowest BCUT2D eigenvalue weighted by atomic mass is 10.4. The summed E-state index contributed by atoms with van der Waals surface area (Å²) in [5.74, 6) is 0.789. The largest absolute Gasteiger partial charge is 0.368 e. The maximum atomic E-state index is 10.8. The molecular weight excluding hydrogens is 260 g/mol. The van der Waals surface area contributed by atoms with Gasteiger partial charge in [-0.25, -0.2) is 9.78 Å². The van der Waals surface area contributed by atoms with Crippen LogP contribution in [-0.4, -0.2) is 31.2 Å². The van der Waals surface area contributed by atoms with Gasteiger partial charge in [0.25, 0.3) is 0 Å². The number of urea groups is 1. The molecule has 0 atom stereocenters. The predicted molar refractivity (Wildman–Crippen MR) is 62.9 cm³/mol. The lowest BCUT2D eigenvalue weighted by Crippen LogP contribution is -2.35. The number of rotatable bonds is 4. The summed E-state index contributed by atoms with van der Waals surface area (Å²) in [5, 5.41) is 8.21. The van der Waals surface area contributed by atoms with Crippen molar-refractivity contribution >= 4 is 27.8 Å². The lowest BCUT2D eigenvalue weighted by molar-refractivity contribution is 0.243. The number of pyridine rings is 1. The van der Waals surface area contributed by atoms with Gasteiger partial charge >= 0.3 is 6.03 Å². The van der Waals surface area contributed by atoms with Gasteiger partial charge in [0, 0.05) is 30.8 Å². The average Bonchev–Trinajstić information content (AvgIpc) is 2.26. The molecule has 0 spiro atoms. The van der Waals surface area contributed by atoms with Crippen molar-refractivity contribution in [1.82, 2.24) is 15.6 Å². The summed E-state index contributed by atoms with van der Waals surface area (Å²) in [6.45, 7) is 1.19. The minimum atomic E-state index is -0.180. The summed E-state index contributed by atoms with van der Waals surface area (Å²) in [6.07, 6.45) is 1.72. The van der Waals surface area contributed by atoms with E-state index in [2.05, 4.69) is 36.9 Å². The van der Waals surface area contributed by atoms with E-state index in [9.17, 15) is 4.79 Å². The number of hydrogen-bond donors (Lipinski definition) is 3. The van der Waals surface area contributed by atoms with Crippen LogP contribution in [0.3, 0.4) is 0 Å². The van der Waals surface area contributed by atoms with Gasteiger partial charge < -0.3 is 16.0 Å². The number of carbonyl (C=O) groups excluding carboxylic acids is 1. The number of nitrogens with one attached hydrogen (secondary N) is 3. The van der Waals surface area contributed by atoms with E-state index in [1.165, 1.54) is 0 Å². The Morgan fingerprint density at radius 1 is 1.47 bits per heavy atom. The summed E-state index contributed by atoms with van der Waals surface area (Å²) >= 11 is 3.30. The first-order valence-corrected chi connectivity index (χ1v) is 5.32. The molecule has 82 valence electrons. The van der Waals surface area contributed by atoms with Crippen LogP contribution in [-0.2, 0) is 0 Å². The van der Waals surface area contributed by atoms with Crippen LogP contribution in [0.25, 0.3) is 0 Å². The standard InChI is InChI=1S/C9H13BrN4O/c1-11-9(15)13-5-4-12-8-3-2-7(10)6-14-8/h2-3,6H,4-5H2,1H3,(H,12,14)(H2,11,13,15). The van der Waals surface area contributed by atoms with E-state index in [0.717, 1.165) is 10.3 Å². The van der Waals surface area contributed by atoms with Crippen LogP contribution in [0.1, 0.15) is 0 Å². The Kier molecular flexibility index (Phi) is 4.89. The molecule has 2 amide bonds. The quantitative estimate of drug-likeness (QED) is 0.722. The molecule has 0 aliphatic rings. The fourth-order valence-electron chi connectivity index (χ4n) is 0.935. The van der Waals surface area contributed by atoms with Gasteiger partial charge in [0.15, 0.2) is 0 Å². The number of aromatic nitrogens is 1. The van der Waals surface area contributed by atoms with Crippen molar-refractivity contribution in [3.63, 3.8) is 0 Å². The van der Waals surface area contributed by atoms with E-state index in [-0.39, 0.29) is 6.03 Å². The Morgan fingerprint density at radius 3 is 2.87 bits per heavy atom. The molecule has 15 heavy (non-hydrogen) atoms. The first-order chi connectivity index (χ1) is 7.22. The van der Waals surface area contributed by atoms with E-state index >= 15 is 0 Å². The van der Waals surface area contributed by atoms with Crippen molar-refractivity contribution in [2.45, 2.75) is 0 Å². The fourth-order valence-corrected chi connectivity index (χ4v) is 1.17. The molecule has 0 aromatic carbocycles. The molecule has 0 radical (unpaired) electrons. The maximum Gasteiger partial charge on any atom is 0.314 e. The van der Waals surface area contributed by atoms with Gasteiger partial charge in [0.1, 0.15) is 5.82 Å². The van der Waals surface area contributed by atoms with Crippen LogP contribution in [0.2, 0.25) is 0 Å². The number of amides is 2. The molecule has 0 aliphatic heterocycles. The highest BCUT2D eigenvalue weighted by atomic mass is 79.9. The first kappa shape index (κ1) is 11.8. The van der Waals surface area contributed by atoms with Gasteiger partial charge in [-0.2, -0.15) is 0 Å². The summed E-state index contributed by atoms with van der Waals surface area (Å²) in [7, 11) is 1.58. The zero-order valence-corrected chi connectivity index (χ0v) is 9.97. The summed E-state index contributed by atoms with van der Waals surface area (Å²) < 4.78 is 0.941. The Hall–Kier alpha value is -1.30. The first-order valence-electron chi connectivity index (χ1n) is 4.53. The van der Waals surface area contributed by atoms with Crippen molar-refractivity contribution in [3.8, 4) is 0 Å². The van der Waals surface area contributed by atoms with Crippen LogP contribution in [0, 0.1) is 0 Å². The van der Waals surface area contributed by atoms with Crippen molar-refractivity contribution in [3.05, 3.63) is 22.8 Å². The SMILES string of the molecule is CNC(=O)NCCNc1ccc(Br)cn1. The molecule has 1 rings (SSSR count). The molecule has 0 fully saturated rings. The Morgan fingerprint density at radius 2 is 2.27 bits per heavy atom. The van der Waals surface area contributed by atoms with Crippen molar-refractivity contribution in [2.24, 2.45) is 0 Å². The summed E-state index contributed by atoms with van der Waals surface area (Å²) in [5.41, 5.74) is 0. The van der Waals surface area contributed by atoms with Crippen LogP contribution in [0.15, 0.2) is 22.8 Å². The third kappa shape index (κ3) is 4.64. The molecule has 0 saturated carbocycles. The van der Waals surface area contributed by atoms with E-state index in [4.69, 9.17) is 0 Å². The third-order valence-corrected chi connectivity index (χ3v) is 2.14. The second-order valence-corrected chi connectivity index (χ2v) is 3.71. The highest BCUT2D eigenvalue weighted by molar-refractivity contribution is 9.10. The lowest BCUT2D eigenvalue weighted by Gasteiger charge is -2.06. The van der Waals surface area contributed by atoms with Crippen molar-refractivity contribution in [1.29, 1.82) is 0 Å². The van der Waals surface area contributed by atoms with E-state index in [1.54, 1.807) is 13.2 Å². The van der Waals surface area contributed by atoms with Gasteiger partial charge in [-0.15, -0.1) is 0 Å². The van der Waals surface area contributed by atoms with Crippen molar-refractivity contribution in [2.75, 3.05) is 25.5 Å². The number of halogens is 1. The fraction of sp³-hybridized carbons (Fsp3) is 0.333. The van der Waals surface area contributed by atoms with E-state index in [1.807, 2.05) is 12.1 Å². The van der Waals surface area contributed by atoms with Crippen molar-refractivity contribution < 1.29 is 4.79 Å². The number of anilines is 1. The van der Waals surface area contributed by atoms with Crippen LogP contribution in [0.4, 0.5) is 10.6 Å². The zero-order chi connectivity index (χ0) is 11.1. The van der Waals surface area contributed by atoms with E-state index in [0.29, 0.717) is 13.1 Å². The number of carbonyl (C=O) groups is 1. The zero-order valence-electron chi connectivity index (χ0n) is 8.38. The average molecular weight is 273 g/mol. The molecule has 0 bridgehead atoms.